The van der Waals surface area contributed by atoms with Crippen molar-refractivity contribution in [3.8, 4) is 0 Å². The van der Waals surface area contributed by atoms with Crippen molar-refractivity contribution in [3.63, 3.8) is 0 Å². The van der Waals surface area contributed by atoms with E-state index in [-0.39, 0.29) is 5.60 Å². The van der Waals surface area contributed by atoms with Crippen molar-refractivity contribution in [2.75, 3.05) is 19.7 Å². The number of ether oxygens (including phenoxy) is 1. The molecule has 0 aromatic rings. The van der Waals surface area contributed by atoms with Gasteiger partial charge < -0.3 is 10.1 Å². The first kappa shape index (κ1) is 12.6. The zero-order valence-corrected chi connectivity index (χ0v) is 11.2. The van der Waals surface area contributed by atoms with E-state index < -0.39 is 0 Å². The Hall–Kier alpha value is -0.410. The Morgan fingerprint density at radius 2 is 2.17 bits per heavy atom. The average molecular weight is 251 g/mol. The molecule has 3 aliphatic rings. The fraction of sp³-hybridized carbons (Fsp3) is 0.933. The summed E-state index contributed by atoms with van der Waals surface area (Å²) in [7, 11) is 0. The molecule has 1 aliphatic carbocycles. The minimum atomic E-state index is 0.114. The molecule has 0 aromatic carbocycles. The first-order valence-corrected chi connectivity index (χ1v) is 7.65. The van der Waals surface area contributed by atoms with Gasteiger partial charge in [0, 0.05) is 18.9 Å². The molecule has 3 nitrogen and oxygen atoms in total. The maximum absolute atomic E-state index is 12.4. The lowest BCUT2D eigenvalue weighted by Gasteiger charge is -2.47. The van der Waals surface area contributed by atoms with Crippen molar-refractivity contribution >= 4 is 5.78 Å². The van der Waals surface area contributed by atoms with Crippen molar-refractivity contribution in [3.05, 3.63) is 0 Å². The second kappa shape index (κ2) is 5.30. The van der Waals surface area contributed by atoms with Crippen LogP contribution in [-0.2, 0) is 9.53 Å². The van der Waals surface area contributed by atoms with E-state index in [4.69, 9.17) is 4.74 Å². The zero-order valence-electron chi connectivity index (χ0n) is 11.2. The average Bonchev–Trinajstić information content (AvgIpc) is 2.38. The number of piperidine rings is 1. The standard InChI is InChI=1S/C15H25NO2/c17-14(9-12-3-1-7-16-11-12)13-4-8-18-15(10-13)5-2-6-15/h12-13,16H,1-11H2. The molecule has 2 heterocycles. The van der Waals surface area contributed by atoms with Gasteiger partial charge in [-0.1, -0.05) is 0 Å². The monoisotopic (exact) mass is 251 g/mol. The number of hydrogen-bond acceptors (Lipinski definition) is 3. The molecule has 0 bridgehead atoms. The molecular weight excluding hydrogens is 226 g/mol. The molecule has 1 spiro atoms. The van der Waals surface area contributed by atoms with Gasteiger partial charge in [0.15, 0.2) is 0 Å². The molecule has 3 rings (SSSR count). The van der Waals surface area contributed by atoms with Gasteiger partial charge in [-0.15, -0.1) is 0 Å². The third-order valence-electron chi connectivity index (χ3n) is 5.10. The number of rotatable bonds is 3. The molecule has 3 heteroatoms. The van der Waals surface area contributed by atoms with E-state index in [9.17, 15) is 4.79 Å². The zero-order chi connectivity index (χ0) is 12.4. The summed E-state index contributed by atoms with van der Waals surface area (Å²) in [6.45, 7) is 2.98. The number of ketones is 1. The van der Waals surface area contributed by atoms with Gasteiger partial charge in [-0.05, 0) is 64.0 Å². The quantitative estimate of drug-likeness (QED) is 0.836. The van der Waals surface area contributed by atoms with Crippen LogP contribution in [0.5, 0.6) is 0 Å². The van der Waals surface area contributed by atoms with E-state index in [0.29, 0.717) is 17.6 Å². The summed E-state index contributed by atoms with van der Waals surface area (Å²) in [4.78, 5) is 12.4. The van der Waals surface area contributed by atoms with Crippen LogP contribution in [0.1, 0.15) is 51.4 Å². The van der Waals surface area contributed by atoms with Crippen molar-refractivity contribution in [1.82, 2.24) is 5.32 Å². The predicted octanol–water partition coefficient (Wildman–Crippen LogP) is 2.29. The first-order chi connectivity index (χ1) is 8.77. The second-order valence-electron chi connectivity index (χ2n) is 6.46. The second-order valence-corrected chi connectivity index (χ2v) is 6.46. The third kappa shape index (κ3) is 2.62. The molecule has 3 fully saturated rings. The minimum Gasteiger partial charge on any atom is -0.375 e. The van der Waals surface area contributed by atoms with E-state index in [1.165, 1.54) is 32.1 Å². The molecule has 18 heavy (non-hydrogen) atoms. The van der Waals surface area contributed by atoms with Gasteiger partial charge in [0.2, 0.25) is 0 Å². The van der Waals surface area contributed by atoms with Gasteiger partial charge >= 0.3 is 0 Å². The highest BCUT2D eigenvalue weighted by Gasteiger charge is 2.44. The molecule has 2 unspecified atom stereocenters. The summed E-state index contributed by atoms with van der Waals surface area (Å²) >= 11 is 0. The van der Waals surface area contributed by atoms with E-state index in [0.717, 1.165) is 39.0 Å². The summed E-state index contributed by atoms with van der Waals surface area (Å²) in [6, 6.07) is 0. The van der Waals surface area contributed by atoms with Crippen LogP contribution in [0.25, 0.3) is 0 Å². The molecule has 0 amide bonds. The van der Waals surface area contributed by atoms with E-state index in [2.05, 4.69) is 5.32 Å². The molecule has 2 saturated heterocycles. The number of carbonyl (C=O) groups excluding carboxylic acids is 1. The maximum atomic E-state index is 12.4. The Balaban J connectivity index is 1.51. The highest BCUT2D eigenvalue weighted by molar-refractivity contribution is 5.81. The summed E-state index contributed by atoms with van der Waals surface area (Å²) in [5.41, 5.74) is 0.114. The van der Waals surface area contributed by atoms with Crippen molar-refractivity contribution < 1.29 is 9.53 Å². The summed E-state index contributed by atoms with van der Waals surface area (Å²) in [5.74, 6) is 1.39. The highest BCUT2D eigenvalue weighted by atomic mass is 16.5. The third-order valence-corrected chi connectivity index (χ3v) is 5.10. The lowest BCUT2D eigenvalue weighted by Crippen LogP contribution is -2.47. The van der Waals surface area contributed by atoms with Crippen molar-refractivity contribution in [2.45, 2.75) is 57.0 Å². The smallest absolute Gasteiger partial charge is 0.136 e. The fourth-order valence-electron chi connectivity index (χ4n) is 3.77. The largest absolute Gasteiger partial charge is 0.375 e. The van der Waals surface area contributed by atoms with Crippen LogP contribution in [0.15, 0.2) is 0 Å². The Labute approximate surface area is 110 Å². The predicted molar refractivity (Wildman–Crippen MR) is 70.5 cm³/mol. The van der Waals surface area contributed by atoms with Gasteiger partial charge in [0.05, 0.1) is 5.60 Å². The number of nitrogens with one attached hydrogen (secondary N) is 1. The Bertz CT molecular complexity index is 306. The maximum Gasteiger partial charge on any atom is 0.136 e. The van der Waals surface area contributed by atoms with E-state index in [1.54, 1.807) is 0 Å². The fourth-order valence-corrected chi connectivity index (χ4v) is 3.77. The lowest BCUT2D eigenvalue weighted by molar-refractivity contribution is -0.156. The van der Waals surface area contributed by atoms with Crippen LogP contribution in [0.3, 0.4) is 0 Å². The van der Waals surface area contributed by atoms with E-state index in [1.807, 2.05) is 0 Å². The van der Waals surface area contributed by atoms with Crippen molar-refractivity contribution in [2.24, 2.45) is 11.8 Å². The highest BCUT2D eigenvalue weighted by Crippen LogP contribution is 2.44. The summed E-state index contributed by atoms with van der Waals surface area (Å²) < 4.78 is 5.91. The molecule has 0 aromatic heterocycles. The first-order valence-electron chi connectivity index (χ1n) is 7.65. The van der Waals surface area contributed by atoms with Crippen LogP contribution in [0.2, 0.25) is 0 Å². The Morgan fingerprint density at radius 3 is 2.83 bits per heavy atom. The molecule has 102 valence electrons. The number of Topliss-reactive ketones (excluding diaryl/α,β-unsaturated/α-hetero) is 1. The van der Waals surface area contributed by atoms with Crippen molar-refractivity contribution in [1.29, 1.82) is 0 Å². The number of carbonyl (C=O) groups is 1. The molecule has 1 saturated carbocycles. The summed E-state index contributed by atoms with van der Waals surface area (Å²) in [6.07, 6.45) is 8.88. The molecule has 1 N–H and O–H groups in total. The van der Waals surface area contributed by atoms with Crippen LogP contribution in [-0.4, -0.2) is 31.1 Å². The topological polar surface area (TPSA) is 38.3 Å². The summed E-state index contributed by atoms with van der Waals surface area (Å²) in [5, 5.41) is 3.40. The van der Waals surface area contributed by atoms with Crippen LogP contribution < -0.4 is 5.32 Å². The van der Waals surface area contributed by atoms with Gasteiger partial charge in [0.1, 0.15) is 5.78 Å². The number of hydrogen-bond donors (Lipinski definition) is 1. The van der Waals surface area contributed by atoms with Gasteiger partial charge in [0.25, 0.3) is 0 Å². The Kier molecular flexibility index (Phi) is 3.71. The van der Waals surface area contributed by atoms with Crippen LogP contribution in [0, 0.1) is 11.8 Å². The molecule has 2 aliphatic heterocycles. The SMILES string of the molecule is O=C(CC1CCCNC1)C1CCOC2(CCC2)C1. The molecule has 0 radical (unpaired) electrons. The molecule has 2 atom stereocenters. The van der Waals surface area contributed by atoms with Crippen LogP contribution >= 0.6 is 0 Å². The van der Waals surface area contributed by atoms with E-state index >= 15 is 0 Å². The minimum absolute atomic E-state index is 0.114. The van der Waals surface area contributed by atoms with Gasteiger partial charge in [-0.2, -0.15) is 0 Å². The molecular formula is C15H25NO2. The lowest BCUT2D eigenvalue weighted by atomic mass is 9.70. The Morgan fingerprint density at radius 1 is 1.28 bits per heavy atom. The normalized spacial score (nSPS) is 35.1. The van der Waals surface area contributed by atoms with Crippen LogP contribution in [0.4, 0.5) is 0 Å². The van der Waals surface area contributed by atoms with Gasteiger partial charge in [-0.25, -0.2) is 0 Å². The van der Waals surface area contributed by atoms with Gasteiger partial charge in [-0.3, -0.25) is 4.79 Å².